The maximum absolute atomic E-state index is 6.23. The predicted octanol–water partition coefficient (Wildman–Crippen LogP) is 2.84. The summed E-state index contributed by atoms with van der Waals surface area (Å²) in [5, 5.41) is 0.766. The van der Waals surface area contributed by atoms with Crippen LogP contribution in [0, 0.1) is 0 Å². The molecular formula is C15H23ClN2O. The molecule has 0 bridgehead atoms. The van der Waals surface area contributed by atoms with Crippen LogP contribution in [-0.4, -0.2) is 37.2 Å². The third kappa shape index (κ3) is 3.93. The first-order chi connectivity index (χ1) is 9.13. The van der Waals surface area contributed by atoms with E-state index in [4.69, 9.17) is 22.1 Å². The van der Waals surface area contributed by atoms with Gasteiger partial charge < -0.3 is 10.5 Å². The molecule has 106 valence electrons. The molecule has 0 saturated heterocycles. The Morgan fingerprint density at radius 1 is 1.37 bits per heavy atom. The van der Waals surface area contributed by atoms with Gasteiger partial charge in [0.1, 0.15) is 0 Å². The molecule has 0 aliphatic heterocycles. The van der Waals surface area contributed by atoms with Gasteiger partial charge in [0, 0.05) is 36.8 Å². The standard InChI is InChI=1S/C15H23ClN2O/c1-11(17)15(12-3-5-13(16)6-4-12)18(9-10-19-2)14-7-8-14/h3-6,11,14-15H,7-10,17H2,1-2H3. The number of benzene rings is 1. The molecule has 2 rings (SSSR count). The lowest BCUT2D eigenvalue weighted by Gasteiger charge is -2.34. The molecule has 2 N–H and O–H groups in total. The zero-order chi connectivity index (χ0) is 13.8. The Morgan fingerprint density at radius 2 is 2.00 bits per heavy atom. The first-order valence-corrected chi connectivity index (χ1v) is 7.27. The summed E-state index contributed by atoms with van der Waals surface area (Å²) in [4.78, 5) is 2.48. The summed E-state index contributed by atoms with van der Waals surface area (Å²) in [5.41, 5.74) is 7.47. The summed E-state index contributed by atoms with van der Waals surface area (Å²) in [7, 11) is 1.74. The zero-order valence-electron chi connectivity index (χ0n) is 11.7. The Bertz CT molecular complexity index is 390. The topological polar surface area (TPSA) is 38.5 Å². The van der Waals surface area contributed by atoms with Gasteiger partial charge in [-0.25, -0.2) is 0 Å². The Hall–Kier alpha value is -0.610. The fraction of sp³-hybridized carbons (Fsp3) is 0.600. The van der Waals surface area contributed by atoms with Gasteiger partial charge in [-0.15, -0.1) is 0 Å². The Balaban J connectivity index is 2.19. The van der Waals surface area contributed by atoms with Crippen LogP contribution in [0.2, 0.25) is 5.02 Å². The van der Waals surface area contributed by atoms with Crippen LogP contribution in [0.15, 0.2) is 24.3 Å². The van der Waals surface area contributed by atoms with Crippen molar-refractivity contribution in [1.29, 1.82) is 0 Å². The first kappa shape index (κ1) is 14.8. The van der Waals surface area contributed by atoms with Gasteiger partial charge in [-0.3, -0.25) is 4.90 Å². The second-order valence-electron chi connectivity index (χ2n) is 5.32. The lowest BCUT2D eigenvalue weighted by molar-refractivity contribution is 0.104. The second-order valence-corrected chi connectivity index (χ2v) is 5.75. The van der Waals surface area contributed by atoms with Crippen molar-refractivity contribution in [2.75, 3.05) is 20.3 Å². The largest absolute Gasteiger partial charge is 0.383 e. The third-order valence-corrected chi connectivity index (χ3v) is 3.89. The minimum Gasteiger partial charge on any atom is -0.383 e. The molecule has 0 amide bonds. The summed E-state index contributed by atoms with van der Waals surface area (Å²) in [5.74, 6) is 0. The van der Waals surface area contributed by atoms with Gasteiger partial charge in [-0.2, -0.15) is 0 Å². The van der Waals surface area contributed by atoms with Crippen molar-refractivity contribution in [2.24, 2.45) is 5.73 Å². The van der Waals surface area contributed by atoms with Crippen molar-refractivity contribution in [3.63, 3.8) is 0 Å². The van der Waals surface area contributed by atoms with Crippen LogP contribution >= 0.6 is 11.6 Å². The molecule has 3 nitrogen and oxygen atoms in total. The van der Waals surface area contributed by atoms with Gasteiger partial charge in [0.05, 0.1) is 6.61 Å². The van der Waals surface area contributed by atoms with Crippen molar-refractivity contribution in [1.82, 2.24) is 4.90 Å². The molecule has 19 heavy (non-hydrogen) atoms. The number of nitrogens with zero attached hydrogens (tertiary/aromatic N) is 1. The van der Waals surface area contributed by atoms with Crippen molar-refractivity contribution >= 4 is 11.6 Å². The Kier molecular flexibility index (Phi) is 5.22. The van der Waals surface area contributed by atoms with Crippen molar-refractivity contribution in [3.8, 4) is 0 Å². The molecule has 0 aromatic heterocycles. The van der Waals surface area contributed by atoms with Crippen LogP contribution in [-0.2, 0) is 4.74 Å². The molecule has 0 spiro atoms. The summed E-state index contributed by atoms with van der Waals surface area (Å²) in [6.45, 7) is 3.74. The van der Waals surface area contributed by atoms with Crippen LogP contribution in [0.1, 0.15) is 31.4 Å². The third-order valence-electron chi connectivity index (χ3n) is 3.64. The second kappa shape index (κ2) is 6.71. The van der Waals surface area contributed by atoms with Gasteiger partial charge >= 0.3 is 0 Å². The predicted molar refractivity (Wildman–Crippen MR) is 79.4 cm³/mol. The van der Waals surface area contributed by atoms with E-state index in [0.717, 1.165) is 18.2 Å². The molecule has 2 atom stereocenters. The van der Waals surface area contributed by atoms with Gasteiger partial charge in [0.15, 0.2) is 0 Å². The monoisotopic (exact) mass is 282 g/mol. The fourth-order valence-corrected chi connectivity index (χ4v) is 2.73. The summed E-state index contributed by atoms with van der Waals surface area (Å²) < 4.78 is 5.23. The zero-order valence-corrected chi connectivity index (χ0v) is 12.4. The van der Waals surface area contributed by atoms with E-state index in [0.29, 0.717) is 6.04 Å². The van der Waals surface area contributed by atoms with E-state index in [1.807, 2.05) is 12.1 Å². The maximum Gasteiger partial charge on any atom is 0.0590 e. The van der Waals surface area contributed by atoms with Crippen LogP contribution in [0.25, 0.3) is 0 Å². The van der Waals surface area contributed by atoms with Crippen molar-refractivity contribution in [2.45, 2.75) is 37.9 Å². The normalized spacial score (nSPS) is 18.6. The lowest BCUT2D eigenvalue weighted by atomic mass is 9.99. The lowest BCUT2D eigenvalue weighted by Crippen LogP contribution is -2.42. The summed E-state index contributed by atoms with van der Waals surface area (Å²) in [6, 6.07) is 9.01. The van der Waals surface area contributed by atoms with Gasteiger partial charge in [0.25, 0.3) is 0 Å². The van der Waals surface area contributed by atoms with Gasteiger partial charge in [0.2, 0.25) is 0 Å². The summed E-state index contributed by atoms with van der Waals surface area (Å²) in [6.07, 6.45) is 2.53. The van der Waals surface area contributed by atoms with Crippen LogP contribution < -0.4 is 5.73 Å². The SMILES string of the molecule is COCCN(C1CC1)C(c1ccc(Cl)cc1)C(C)N. The Morgan fingerprint density at radius 3 is 2.47 bits per heavy atom. The minimum atomic E-state index is 0.0821. The average Bonchev–Trinajstić information content (AvgIpc) is 3.20. The molecule has 1 saturated carbocycles. The molecule has 1 aliphatic rings. The molecular weight excluding hydrogens is 260 g/mol. The number of ether oxygens (including phenoxy) is 1. The smallest absolute Gasteiger partial charge is 0.0590 e. The molecule has 0 heterocycles. The quantitative estimate of drug-likeness (QED) is 0.836. The number of hydrogen-bond donors (Lipinski definition) is 1. The summed E-state index contributed by atoms with van der Waals surface area (Å²) >= 11 is 5.97. The fourth-order valence-electron chi connectivity index (χ4n) is 2.61. The van der Waals surface area contributed by atoms with Crippen LogP contribution in [0.3, 0.4) is 0 Å². The van der Waals surface area contributed by atoms with E-state index >= 15 is 0 Å². The minimum absolute atomic E-state index is 0.0821. The van der Waals surface area contributed by atoms with E-state index in [9.17, 15) is 0 Å². The van der Waals surface area contributed by atoms with E-state index in [1.54, 1.807) is 7.11 Å². The number of methoxy groups -OCH3 is 1. The highest BCUT2D eigenvalue weighted by Crippen LogP contribution is 2.35. The van der Waals surface area contributed by atoms with E-state index < -0.39 is 0 Å². The molecule has 2 unspecified atom stereocenters. The van der Waals surface area contributed by atoms with Gasteiger partial charge in [-0.1, -0.05) is 23.7 Å². The molecule has 4 heteroatoms. The highest BCUT2D eigenvalue weighted by molar-refractivity contribution is 6.30. The highest BCUT2D eigenvalue weighted by Gasteiger charge is 2.35. The number of hydrogen-bond acceptors (Lipinski definition) is 3. The van der Waals surface area contributed by atoms with Crippen molar-refractivity contribution in [3.05, 3.63) is 34.9 Å². The van der Waals surface area contributed by atoms with Crippen LogP contribution in [0.4, 0.5) is 0 Å². The molecule has 1 fully saturated rings. The average molecular weight is 283 g/mol. The van der Waals surface area contributed by atoms with E-state index in [2.05, 4.69) is 24.0 Å². The molecule has 0 radical (unpaired) electrons. The number of nitrogens with two attached hydrogens (primary N) is 1. The number of halogens is 1. The molecule has 1 aromatic rings. The van der Waals surface area contributed by atoms with Gasteiger partial charge in [-0.05, 0) is 37.5 Å². The van der Waals surface area contributed by atoms with Crippen molar-refractivity contribution < 1.29 is 4.74 Å². The van der Waals surface area contributed by atoms with E-state index in [1.165, 1.54) is 18.4 Å². The highest BCUT2D eigenvalue weighted by atomic mass is 35.5. The maximum atomic E-state index is 6.23. The Labute approximate surface area is 120 Å². The first-order valence-electron chi connectivity index (χ1n) is 6.89. The molecule has 1 aromatic carbocycles. The van der Waals surface area contributed by atoms with Crippen LogP contribution in [0.5, 0.6) is 0 Å². The molecule has 1 aliphatic carbocycles. The van der Waals surface area contributed by atoms with E-state index in [-0.39, 0.29) is 12.1 Å². The number of rotatable bonds is 7.